The van der Waals surface area contributed by atoms with Gasteiger partial charge < -0.3 is 4.74 Å². The summed E-state index contributed by atoms with van der Waals surface area (Å²) in [4.78, 5) is 14.3. The molecule has 15 heavy (non-hydrogen) atoms. The van der Waals surface area contributed by atoms with Crippen LogP contribution in [-0.2, 0) is 0 Å². The van der Waals surface area contributed by atoms with Gasteiger partial charge in [0.25, 0.3) is 0 Å². The lowest BCUT2D eigenvalue weighted by Crippen LogP contribution is -2.02. The predicted octanol–water partition coefficient (Wildman–Crippen LogP) is 2.71. The highest BCUT2D eigenvalue weighted by atomic mass is 32.1. The Morgan fingerprint density at radius 2 is 2.27 bits per heavy atom. The van der Waals surface area contributed by atoms with Crippen molar-refractivity contribution in [1.29, 1.82) is 0 Å². The third-order valence-corrected chi connectivity index (χ3v) is 2.66. The smallest absolute Gasteiger partial charge is 0.387 e. The van der Waals surface area contributed by atoms with E-state index >= 15 is 0 Å². The maximum atomic E-state index is 12.0. The van der Waals surface area contributed by atoms with Crippen LogP contribution in [0.5, 0.6) is 5.75 Å². The van der Waals surface area contributed by atoms with E-state index < -0.39 is 6.61 Å². The van der Waals surface area contributed by atoms with E-state index in [9.17, 15) is 13.6 Å². The molecule has 0 unspecified atom stereocenters. The minimum Gasteiger partial charge on any atom is -0.432 e. The van der Waals surface area contributed by atoms with Crippen LogP contribution in [0.4, 0.5) is 8.78 Å². The topological polar surface area (TPSA) is 39.2 Å². The van der Waals surface area contributed by atoms with Crippen molar-refractivity contribution >= 4 is 27.8 Å². The zero-order valence-corrected chi connectivity index (χ0v) is 8.13. The SMILES string of the molecule is O=Cc1nc2c(OC(F)F)cccc2s1. The fourth-order valence-electron chi connectivity index (χ4n) is 1.18. The molecule has 2 aromatic rings. The molecule has 0 aliphatic heterocycles. The Kier molecular flexibility index (Phi) is 2.59. The van der Waals surface area contributed by atoms with Crippen molar-refractivity contribution in [3.8, 4) is 5.75 Å². The third kappa shape index (κ3) is 1.94. The van der Waals surface area contributed by atoms with Crippen LogP contribution in [0.25, 0.3) is 10.2 Å². The van der Waals surface area contributed by atoms with Crippen molar-refractivity contribution in [2.45, 2.75) is 6.61 Å². The maximum Gasteiger partial charge on any atom is 0.387 e. The predicted molar refractivity (Wildman–Crippen MR) is 51.6 cm³/mol. The molecule has 78 valence electrons. The lowest BCUT2D eigenvalue weighted by Gasteiger charge is -2.03. The van der Waals surface area contributed by atoms with E-state index in [0.717, 1.165) is 11.3 Å². The van der Waals surface area contributed by atoms with Crippen LogP contribution in [0, 0.1) is 0 Å². The van der Waals surface area contributed by atoms with Crippen LogP contribution < -0.4 is 4.74 Å². The number of benzene rings is 1. The summed E-state index contributed by atoms with van der Waals surface area (Å²) >= 11 is 1.13. The van der Waals surface area contributed by atoms with Gasteiger partial charge in [-0.1, -0.05) is 6.07 Å². The van der Waals surface area contributed by atoms with Crippen LogP contribution in [0.1, 0.15) is 9.80 Å². The molecule has 0 spiro atoms. The van der Waals surface area contributed by atoms with Gasteiger partial charge in [0.1, 0.15) is 5.52 Å². The number of hydrogen-bond acceptors (Lipinski definition) is 4. The summed E-state index contributed by atoms with van der Waals surface area (Å²) < 4.78 is 29.0. The summed E-state index contributed by atoms with van der Waals surface area (Å²) in [5.74, 6) is -0.00755. The molecule has 0 fully saturated rings. The number of aromatic nitrogens is 1. The molecule has 1 aromatic carbocycles. The number of aldehydes is 1. The summed E-state index contributed by atoms with van der Waals surface area (Å²) in [6.07, 6.45) is 0.580. The fourth-order valence-corrected chi connectivity index (χ4v) is 1.98. The number of fused-ring (bicyclic) bond motifs is 1. The number of alkyl halides is 2. The number of nitrogens with zero attached hydrogens (tertiary/aromatic N) is 1. The Hall–Kier alpha value is -1.56. The molecule has 0 radical (unpaired) electrons. The van der Waals surface area contributed by atoms with Gasteiger partial charge in [-0.25, -0.2) is 4.98 Å². The van der Waals surface area contributed by atoms with Crippen molar-refractivity contribution in [1.82, 2.24) is 4.98 Å². The Morgan fingerprint density at radius 1 is 1.47 bits per heavy atom. The highest BCUT2D eigenvalue weighted by molar-refractivity contribution is 7.20. The van der Waals surface area contributed by atoms with E-state index in [0.29, 0.717) is 16.5 Å². The maximum absolute atomic E-state index is 12.0. The molecule has 3 nitrogen and oxygen atoms in total. The normalized spacial score (nSPS) is 10.9. The molecule has 0 amide bonds. The molecule has 0 bridgehead atoms. The highest BCUT2D eigenvalue weighted by Gasteiger charge is 2.11. The largest absolute Gasteiger partial charge is 0.432 e. The first kappa shape index (κ1) is 9.97. The quantitative estimate of drug-likeness (QED) is 0.759. The molecule has 0 aliphatic carbocycles. The third-order valence-electron chi connectivity index (χ3n) is 1.72. The van der Waals surface area contributed by atoms with Crippen molar-refractivity contribution in [3.63, 3.8) is 0 Å². The summed E-state index contributed by atoms with van der Waals surface area (Å²) in [7, 11) is 0. The van der Waals surface area contributed by atoms with Gasteiger partial charge in [0, 0.05) is 0 Å². The van der Waals surface area contributed by atoms with Gasteiger partial charge in [-0.15, -0.1) is 11.3 Å². The molecule has 1 aromatic heterocycles. The van der Waals surface area contributed by atoms with Gasteiger partial charge in [-0.05, 0) is 12.1 Å². The number of carbonyl (C=O) groups excluding carboxylic acids is 1. The molecule has 6 heteroatoms. The fraction of sp³-hybridized carbons (Fsp3) is 0.111. The Balaban J connectivity index is 2.54. The molecule has 2 rings (SSSR count). The van der Waals surface area contributed by atoms with E-state index in [-0.39, 0.29) is 10.8 Å². The monoisotopic (exact) mass is 229 g/mol. The molecule has 0 saturated heterocycles. The van der Waals surface area contributed by atoms with Crippen molar-refractivity contribution in [2.75, 3.05) is 0 Å². The zero-order valence-electron chi connectivity index (χ0n) is 7.31. The minimum absolute atomic E-state index is 0.00755. The van der Waals surface area contributed by atoms with Crippen molar-refractivity contribution in [2.24, 2.45) is 0 Å². The summed E-state index contributed by atoms with van der Waals surface area (Å²) in [5.41, 5.74) is 0.296. The second-order valence-corrected chi connectivity index (χ2v) is 3.71. The average Bonchev–Trinajstić information content (AvgIpc) is 2.61. The molecule has 0 aliphatic rings. The molecular formula is C9H5F2NO2S. The number of hydrogen-bond donors (Lipinski definition) is 0. The van der Waals surface area contributed by atoms with Crippen molar-refractivity contribution < 1.29 is 18.3 Å². The number of ether oxygens (including phenoxy) is 1. The minimum atomic E-state index is -2.89. The lowest BCUT2D eigenvalue weighted by atomic mass is 10.3. The van der Waals surface area contributed by atoms with E-state index in [1.807, 2.05) is 0 Å². The van der Waals surface area contributed by atoms with Gasteiger partial charge in [-0.3, -0.25) is 4.79 Å². The molecular weight excluding hydrogens is 224 g/mol. The van der Waals surface area contributed by atoms with Gasteiger partial charge in [-0.2, -0.15) is 8.78 Å². The Labute approximate surface area is 87.3 Å². The molecule has 0 saturated carbocycles. The molecule has 0 atom stereocenters. The zero-order chi connectivity index (χ0) is 10.8. The summed E-state index contributed by atoms with van der Waals surface area (Å²) in [6, 6.07) is 4.66. The number of thiazole rings is 1. The van der Waals surface area contributed by atoms with E-state index in [1.54, 1.807) is 12.1 Å². The van der Waals surface area contributed by atoms with E-state index in [4.69, 9.17) is 0 Å². The standard InChI is InChI=1S/C9H5F2NO2S/c10-9(11)14-5-2-1-3-6-8(5)12-7(4-13)15-6/h1-4,9H. The van der Waals surface area contributed by atoms with Crippen LogP contribution in [0.2, 0.25) is 0 Å². The van der Waals surface area contributed by atoms with Crippen molar-refractivity contribution in [3.05, 3.63) is 23.2 Å². The van der Waals surface area contributed by atoms with Gasteiger partial charge >= 0.3 is 6.61 Å². The lowest BCUT2D eigenvalue weighted by molar-refractivity contribution is -0.0489. The van der Waals surface area contributed by atoms with Crippen LogP contribution >= 0.6 is 11.3 Å². The van der Waals surface area contributed by atoms with Crippen LogP contribution in [-0.4, -0.2) is 17.9 Å². The van der Waals surface area contributed by atoms with Crippen LogP contribution in [0.15, 0.2) is 18.2 Å². The Morgan fingerprint density at radius 3 is 2.93 bits per heavy atom. The Bertz CT molecular complexity index is 498. The average molecular weight is 229 g/mol. The molecule has 0 N–H and O–H groups in total. The first-order valence-electron chi connectivity index (χ1n) is 4.00. The highest BCUT2D eigenvalue weighted by Crippen LogP contribution is 2.29. The van der Waals surface area contributed by atoms with E-state index in [2.05, 4.69) is 9.72 Å². The first-order chi connectivity index (χ1) is 7.20. The van der Waals surface area contributed by atoms with Gasteiger partial charge in [0.05, 0.1) is 4.70 Å². The van der Waals surface area contributed by atoms with Crippen LogP contribution in [0.3, 0.4) is 0 Å². The molecule has 1 heterocycles. The first-order valence-corrected chi connectivity index (χ1v) is 4.82. The number of carbonyl (C=O) groups is 1. The number of para-hydroxylation sites is 1. The summed E-state index contributed by atoms with van der Waals surface area (Å²) in [5, 5.41) is 0.246. The van der Waals surface area contributed by atoms with Gasteiger partial charge in [0.15, 0.2) is 17.0 Å². The number of rotatable bonds is 3. The second kappa shape index (κ2) is 3.90. The number of halogens is 2. The van der Waals surface area contributed by atoms with E-state index in [1.165, 1.54) is 6.07 Å². The van der Waals surface area contributed by atoms with Gasteiger partial charge in [0.2, 0.25) is 0 Å². The second-order valence-electron chi connectivity index (χ2n) is 2.65. The summed E-state index contributed by atoms with van der Waals surface area (Å²) in [6.45, 7) is -2.89.